The largest absolute Gasteiger partial charge is 0.360 e. The molecule has 0 unspecified atom stereocenters. The first kappa shape index (κ1) is 14.1. The van der Waals surface area contributed by atoms with Crippen LogP contribution < -0.4 is 5.32 Å². The summed E-state index contributed by atoms with van der Waals surface area (Å²) in [6.45, 7) is 6.32. The van der Waals surface area contributed by atoms with Crippen LogP contribution in [-0.2, 0) is 7.05 Å². The van der Waals surface area contributed by atoms with E-state index in [9.17, 15) is 0 Å². The summed E-state index contributed by atoms with van der Waals surface area (Å²) in [4.78, 5) is 8.38. The summed E-state index contributed by atoms with van der Waals surface area (Å²) >= 11 is 0. The number of aromatic nitrogens is 2. The van der Waals surface area contributed by atoms with Gasteiger partial charge in [-0.3, -0.25) is 4.99 Å². The van der Waals surface area contributed by atoms with Crippen molar-refractivity contribution in [3.05, 3.63) is 59.4 Å². The zero-order valence-corrected chi connectivity index (χ0v) is 12.4. The Hall–Kier alpha value is -2.36. The second kappa shape index (κ2) is 6.19. The number of hydrogen-bond acceptors (Lipinski definition) is 3. The van der Waals surface area contributed by atoms with Gasteiger partial charge < -0.3 is 9.88 Å². The first-order chi connectivity index (χ1) is 9.58. The Labute approximate surface area is 119 Å². The highest BCUT2D eigenvalue weighted by Crippen LogP contribution is 2.21. The van der Waals surface area contributed by atoms with E-state index in [0.29, 0.717) is 0 Å². The molecule has 0 aliphatic rings. The van der Waals surface area contributed by atoms with Crippen molar-refractivity contribution in [3.63, 3.8) is 0 Å². The molecule has 1 aromatic heterocycles. The molecule has 2 aromatic rings. The minimum absolute atomic E-state index is 0.831. The molecule has 1 heterocycles. The maximum atomic E-state index is 4.22. The fourth-order valence-corrected chi connectivity index (χ4v) is 2.18. The van der Waals surface area contributed by atoms with Gasteiger partial charge in [0.2, 0.25) is 0 Å². The molecule has 20 heavy (non-hydrogen) atoms. The van der Waals surface area contributed by atoms with Gasteiger partial charge >= 0.3 is 0 Å². The molecule has 0 spiro atoms. The van der Waals surface area contributed by atoms with E-state index in [1.54, 1.807) is 18.6 Å². The summed E-state index contributed by atoms with van der Waals surface area (Å²) in [6.07, 6.45) is 8.94. The van der Waals surface area contributed by atoms with Crippen LogP contribution in [0.4, 0.5) is 5.69 Å². The van der Waals surface area contributed by atoms with Crippen molar-refractivity contribution in [1.82, 2.24) is 9.55 Å². The normalized spacial score (nSPS) is 11.6. The second-order valence-corrected chi connectivity index (χ2v) is 4.91. The van der Waals surface area contributed by atoms with Gasteiger partial charge in [0.15, 0.2) is 5.82 Å². The maximum absolute atomic E-state index is 4.22. The predicted octanol–water partition coefficient (Wildman–Crippen LogP) is 3.35. The molecule has 4 heteroatoms. The third-order valence-corrected chi connectivity index (χ3v) is 3.11. The van der Waals surface area contributed by atoms with E-state index in [0.717, 1.165) is 11.5 Å². The topological polar surface area (TPSA) is 42.2 Å². The van der Waals surface area contributed by atoms with Gasteiger partial charge in [0.05, 0.1) is 6.21 Å². The molecule has 0 amide bonds. The fraction of sp³-hybridized carbons (Fsp3) is 0.250. The van der Waals surface area contributed by atoms with Gasteiger partial charge in [-0.1, -0.05) is 17.7 Å². The molecule has 0 saturated carbocycles. The first-order valence-corrected chi connectivity index (χ1v) is 6.58. The minimum Gasteiger partial charge on any atom is -0.360 e. The molecule has 0 bridgehead atoms. The molecule has 1 N–H and O–H groups in total. The fourth-order valence-electron chi connectivity index (χ4n) is 2.18. The summed E-state index contributed by atoms with van der Waals surface area (Å²) < 4.78 is 1.92. The summed E-state index contributed by atoms with van der Waals surface area (Å²) in [5.74, 6) is 0.831. The third kappa shape index (κ3) is 3.35. The maximum Gasteiger partial charge on any atom is 0.150 e. The van der Waals surface area contributed by atoms with E-state index in [1.165, 1.54) is 16.7 Å². The second-order valence-electron chi connectivity index (χ2n) is 4.91. The lowest BCUT2D eigenvalue weighted by Gasteiger charge is -2.10. The highest BCUT2D eigenvalue weighted by molar-refractivity contribution is 5.75. The molecular weight excluding hydrogens is 248 g/mol. The Kier molecular flexibility index (Phi) is 4.35. The Morgan fingerprint density at radius 1 is 1.20 bits per heavy atom. The van der Waals surface area contributed by atoms with E-state index in [1.807, 2.05) is 24.0 Å². The number of benzene rings is 1. The Morgan fingerprint density at radius 2 is 1.90 bits per heavy atom. The Bertz CT molecular complexity index is 627. The van der Waals surface area contributed by atoms with Crippen LogP contribution >= 0.6 is 0 Å². The molecular formula is C16H20N4. The van der Waals surface area contributed by atoms with Gasteiger partial charge in [-0.05, 0) is 31.9 Å². The lowest BCUT2D eigenvalue weighted by molar-refractivity contribution is 0.902. The van der Waals surface area contributed by atoms with Crippen molar-refractivity contribution in [2.75, 3.05) is 5.32 Å². The highest BCUT2D eigenvalue weighted by atomic mass is 15.0. The van der Waals surface area contributed by atoms with Crippen molar-refractivity contribution in [3.8, 4) is 0 Å². The number of nitrogens with zero attached hydrogens (tertiary/aromatic N) is 3. The molecule has 0 saturated heterocycles. The molecule has 104 valence electrons. The summed E-state index contributed by atoms with van der Waals surface area (Å²) in [6, 6.07) is 4.33. The number of imidazole rings is 1. The Balaban J connectivity index is 2.01. The summed E-state index contributed by atoms with van der Waals surface area (Å²) in [5, 5.41) is 3.28. The van der Waals surface area contributed by atoms with Gasteiger partial charge in [0.25, 0.3) is 0 Å². The van der Waals surface area contributed by atoms with E-state index in [4.69, 9.17) is 0 Å². The van der Waals surface area contributed by atoms with Crippen molar-refractivity contribution in [1.29, 1.82) is 0 Å². The lowest BCUT2D eigenvalue weighted by Crippen LogP contribution is -1.96. The standard InChI is InChI=1S/C16H20N4/c1-12-9-13(2)16(14(3)10-12)19-6-5-17-11-15-18-7-8-20(15)4/h5-11,19H,1-4H3/b6-5+,17-11?. The quantitative estimate of drug-likeness (QED) is 0.864. The Morgan fingerprint density at radius 3 is 2.50 bits per heavy atom. The molecule has 4 nitrogen and oxygen atoms in total. The molecule has 0 fully saturated rings. The monoisotopic (exact) mass is 268 g/mol. The predicted molar refractivity (Wildman–Crippen MR) is 84.2 cm³/mol. The summed E-state index contributed by atoms with van der Waals surface area (Å²) in [7, 11) is 1.94. The number of anilines is 1. The van der Waals surface area contributed by atoms with E-state index >= 15 is 0 Å². The number of aliphatic imine (C=N–C) groups is 1. The average molecular weight is 268 g/mol. The van der Waals surface area contributed by atoms with Crippen LogP contribution in [0.3, 0.4) is 0 Å². The van der Waals surface area contributed by atoms with Crippen molar-refractivity contribution < 1.29 is 0 Å². The van der Waals surface area contributed by atoms with Gasteiger partial charge in [-0.25, -0.2) is 4.98 Å². The average Bonchev–Trinajstić information content (AvgIpc) is 2.77. The van der Waals surface area contributed by atoms with Gasteiger partial charge in [-0.2, -0.15) is 0 Å². The van der Waals surface area contributed by atoms with Crippen molar-refractivity contribution in [2.24, 2.45) is 12.0 Å². The molecule has 2 rings (SSSR count). The van der Waals surface area contributed by atoms with E-state index in [2.05, 4.69) is 48.2 Å². The van der Waals surface area contributed by atoms with Crippen molar-refractivity contribution in [2.45, 2.75) is 20.8 Å². The number of rotatable bonds is 4. The summed E-state index contributed by atoms with van der Waals surface area (Å²) in [5.41, 5.74) is 4.89. The zero-order valence-electron chi connectivity index (χ0n) is 12.4. The first-order valence-electron chi connectivity index (χ1n) is 6.58. The lowest BCUT2D eigenvalue weighted by atomic mass is 10.1. The van der Waals surface area contributed by atoms with Crippen LogP contribution in [0.5, 0.6) is 0 Å². The molecule has 0 atom stereocenters. The van der Waals surface area contributed by atoms with Crippen LogP contribution in [-0.4, -0.2) is 15.8 Å². The van der Waals surface area contributed by atoms with E-state index < -0.39 is 0 Å². The van der Waals surface area contributed by atoms with Crippen LogP contribution in [0, 0.1) is 20.8 Å². The van der Waals surface area contributed by atoms with Crippen LogP contribution in [0.1, 0.15) is 22.5 Å². The van der Waals surface area contributed by atoms with E-state index in [-0.39, 0.29) is 0 Å². The van der Waals surface area contributed by atoms with Crippen molar-refractivity contribution >= 4 is 11.9 Å². The molecule has 0 aliphatic heterocycles. The highest BCUT2D eigenvalue weighted by Gasteiger charge is 2.00. The number of aryl methyl sites for hydroxylation is 4. The van der Waals surface area contributed by atoms with Crippen LogP contribution in [0.25, 0.3) is 0 Å². The third-order valence-electron chi connectivity index (χ3n) is 3.11. The van der Waals surface area contributed by atoms with Gasteiger partial charge in [-0.15, -0.1) is 0 Å². The van der Waals surface area contributed by atoms with Gasteiger partial charge in [0.1, 0.15) is 0 Å². The van der Waals surface area contributed by atoms with Crippen LogP contribution in [0.15, 0.2) is 41.9 Å². The van der Waals surface area contributed by atoms with Gasteiger partial charge in [0, 0.05) is 37.5 Å². The smallest absolute Gasteiger partial charge is 0.150 e. The molecule has 1 aromatic carbocycles. The molecule has 0 radical (unpaired) electrons. The minimum atomic E-state index is 0.831. The number of hydrogen-bond donors (Lipinski definition) is 1. The zero-order chi connectivity index (χ0) is 14.5. The molecule has 0 aliphatic carbocycles. The van der Waals surface area contributed by atoms with Crippen LogP contribution in [0.2, 0.25) is 0 Å². The number of nitrogens with one attached hydrogen (secondary N) is 1. The SMILES string of the molecule is Cc1cc(C)c(N/C=C/N=Cc2nccn2C)c(C)c1.